The molecule has 0 fully saturated rings. The van der Waals surface area contributed by atoms with Crippen molar-refractivity contribution in [1.29, 1.82) is 0 Å². The molecule has 1 aromatic heterocycles. The summed E-state index contributed by atoms with van der Waals surface area (Å²) in [5.41, 5.74) is 0.118. The number of para-hydroxylation sites is 1. The maximum absolute atomic E-state index is 13.8. The zero-order chi connectivity index (χ0) is 26.9. The number of nitrogens with zero attached hydrogens (tertiary/aromatic N) is 1. The lowest BCUT2D eigenvalue weighted by atomic mass is 10.1. The summed E-state index contributed by atoms with van der Waals surface area (Å²) in [4.78, 5) is 3.85. The molecule has 3 aromatic rings. The number of halogens is 3. The largest absolute Gasteiger partial charge is 0.419 e. The molecule has 0 bridgehead atoms. The molecule has 0 radical (unpaired) electrons. The fraction of sp³-hybridized carbons (Fsp3) is 0.320. The third-order valence-corrected chi connectivity index (χ3v) is 9.38. The summed E-state index contributed by atoms with van der Waals surface area (Å²) >= 11 is 0. The van der Waals surface area contributed by atoms with Crippen molar-refractivity contribution in [1.82, 2.24) is 4.98 Å². The van der Waals surface area contributed by atoms with E-state index in [0.29, 0.717) is 23.6 Å². The number of aryl methyl sites for hydroxylation is 1. The van der Waals surface area contributed by atoms with Crippen molar-refractivity contribution in [2.75, 3.05) is 24.0 Å². The molecule has 3 rings (SSSR count). The van der Waals surface area contributed by atoms with Gasteiger partial charge in [-0.2, -0.15) is 13.2 Å². The smallest absolute Gasteiger partial charge is 0.354 e. The molecule has 11 heteroatoms. The van der Waals surface area contributed by atoms with E-state index in [-0.39, 0.29) is 22.1 Å². The van der Waals surface area contributed by atoms with Crippen molar-refractivity contribution in [3.8, 4) is 0 Å². The standard InChI is InChI=1S/C25H29F3N3O3PS/c1-6-17-13-18(35(4,5)32)11-12-20(17)31-24-14-22(19(15-29-24)25(26,27)28)30-21-9-7-8-10-23(21)36(33,34)16(2)3/h7-16H,6H2,1-5H3,(H2,29,30,31). The number of anilines is 4. The lowest BCUT2D eigenvalue weighted by Gasteiger charge is -2.19. The molecule has 2 aromatic carbocycles. The van der Waals surface area contributed by atoms with Crippen LogP contribution in [0.3, 0.4) is 0 Å². The molecule has 194 valence electrons. The van der Waals surface area contributed by atoms with Crippen LogP contribution in [-0.4, -0.2) is 32.0 Å². The third-order valence-electron chi connectivity index (χ3n) is 5.65. The van der Waals surface area contributed by atoms with Gasteiger partial charge in [-0.1, -0.05) is 19.1 Å². The van der Waals surface area contributed by atoms with Gasteiger partial charge in [0.15, 0.2) is 9.84 Å². The molecule has 0 atom stereocenters. The van der Waals surface area contributed by atoms with Gasteiger partial charge >= 0.3 is 6.18 Å². The van der Waals surface area contributed by atoms with Gasteiger partial charge < -0.3 is 15.2 Å². The van der Waals surface area contributed by atoms with Crippen LogP contribution in [0.5, 0.6) is 0 Å². The highest BCUT2D eigenvalue weighted by molar-refractivity contribution is 7.92. The average molecular weight is 540 g/mol. The summed E-state index contributed by atoms with van der Waals surface area (Å²) in [7, 11) is -6.24. The van der Waals surface area contributed by atoms with E-state index < -0.39 is 34.0 Å². The van der Waals surface area contributed by atoms with Crippen molar-refractivity contribution in [3.05, 3.63) is 65.9 Å². The molecular weight excluding hydrogens is 510 g/mol. The van der Waals surface area contributed by atoms with E-state index in [1.54, 1.807) is 31.5 Å². The quantitative estimate of drug-likeness (QED) is 0.315. The van der Waals surface area contributed by atoms with Crippen molar-refractivity contribution in [2.45, 2.75) is 43.5 Å². The molecule has 0 unspecified atom stereocenters. The van der Waals surface area contributed by atoms with E-state index in [9.17, 15) is 26.2 Å². The Labute approximate surface area is 209 Å². The predicted molar refractivity (Wildman–Crippen MR) is 139 cm³/mol. The van der Waals surface area contributed by atoms with Crippen LogP contribution in [0.1, 0.15) is 31.9 Å². The van der Waals surface area contributed by atoms with E-state index >= 15 is 0 Å². The molecule has 2 N–H and O–H groups in total. The number of nitrogens with one attached hydrogen (secondary N) is 2. The molecule has 0 saturated heterocycles. The van der Waals surface area contributed by atoms with Gasteiger partial charge in [-0.15, -0.1) is 0 Å². The lowest BCUT2D eigenvalue weighted by molar-refractivity contribution is -0.137. The van der Waals surface area contributed by atoms with Crippen LogP contribution in [-0.2, 0) is 27.0 Å². The van der Waals surface area contributed by atoms with Gasteiger partial charge in [-0.3, -0.25) is 0 Å². The zero-order valence-electron chi connectivity index (χ0n) is 20.6. The number of alkyl halides is 3. The molecule has 0 aliphatic heterocycles. The Morgan fingerprint density at radius 3 is 2.22 bits per heavy atom. The number of aromatic nitrogens is 1. The summed E-state index contributed by atoms with van der Waals surface area (Å²) in [6.07, 6.45) is -3.42. The average Bonchev–Trinajstić information content (AvgIpc) is 2.78. The van der Waals surface area contributed by atoms with Crippen molar-refractivity contribution >= 4 is 45.2 Å². The second-order valence-electron chi connectivity index (χ2n) is 9.00. The fourth-order valence-electron chi connectivity index (χ4n) is 3.54. The Kier molecular flexibility index (Phi) is 7.91. The summed E-state index contributed by atoms with van der Waals surface area (Å²) in [6, 6.07) is 12.3. The second kappa shape index (κ2) is 10.3. The molecule has 36 heavy (non-hydrogen) atoms. The highest BCUT2D eigenvalue weighted by Crippen LogP contribution is 2.39. The van der Waals surface area contributed by atoms with Crippen molar-refractivity contribution in [3.63, 3.8) is 0 Å². The molecule has 6 nitrogen and oxygen atoms in total. The van der Waals surface area contributed by atoms with E-state index in [1.165, 1.54) is 38.1 Å². The molecule has 0 spiro atoms. The first-order chi connectivity index (χ1) is 16.6. The first-order valence-electron chi connectivity index (χ1n) is 11.3. The van der Waals surface area contributed by atoms with E-state index in [2.05, 4.69) is 15.6 Å². The maximum Gasteiger partial charge on any atom is 0.419 e. The molecule has 0 amide bonds. The summed E-state index contributed by atoms with van der Waals surface area (Å²) in [5, 5.41) is 5.67. The van der Waals surface area contributed by atoms with Gasteiger partial charge in [0.1, 0.15) is 13.0 Å². The monoisotopic (exact) mass is 539 g/mol. The number of benzene rings is 2. The number of pyridine rings is 1. The molecule has 0 aliphatic carbocycles. The Hall–Kier alpha value is -2.84. The van der Waals surface area contributed by atoms with E-state index in [4.69, 9.17) is 0 Å². The van der Waals surface area contributed by atoms with Gasteiger partial charge in [0.2, 0.25) is 0 Å². The highest BCUT2D eigenvalue weighted by atomic mass is 32.2. The summed E-state index contributed by atoms with van der Waals surface area (Å²) < 4.78 is 79.4. The topological polar surface area (TPSA) is 88.2 Å². The molecule has 0 saturated carbocycles. The van der Waals surface area contributed by atoms with Gasteiger partial charge in [0, 0.05) is 23.3 Å². The van der Waals surface area contributed by atoms with Crippen LogP contribution in [0.2, 0.25) is 0 Å². The molecule has 0 aliphatic rings. The number of sulfone groups is 1. The Bertz CT molecular complexity index is 1420. The Balaban J connectivity index is 2.07. The number of hydrogen-bond acceptors (Lipinski definition) is 6. The van der Waals surface area contributed by atoms with Crippen LogP contribution in [0, 0.1) is 0 Å². The first-order valence-corrected chi connectivity index (χ1v) is 15.4. The minimum Gasteiger partial charge on any atom is -0.354 e. The van der Waals surface area contributed by atoms with Crippen LogP contribution in [0.25, 0.3) is 0 Å². The molecular formula is C25H29F3N3O3PS. The van der Waals surface area contributed by atoms with Crippen molar-refractivity contribution < 1.29 is 26.2 Å². The van der Waals surface area contributed by atoms with Crippen LogP contribution in [0.15, 0.2) is 59.6 Å². The third kappa shape index (κ3) is 6.10. The highest BCUT2D eigenvalue weighted by Gasteiger charge is 2.35. The predicted octanol–water partition coefficient (Wildman–Crippen LogP) is 6.58. The number of hydrogen-bond donors (Lipinski definition) is 2. The maximum atomic E-state index is 13.8. The van der Waals surface area contributed by atoms with Gasteiger partial charge in [0.25, 0.3) is 0 Å². The van der Waals surface area contributed by atoms with Crippen LogP contribution >= 0.6 is 7.14 Å². The number of rotatable bonds is 8. The lowest BCUT2D eigenvalue weighted by Crippen LogP contribution is -2.16. The SMILES string of the molecule is CCc1cc(P(C)(C)=O)ccc1Nc1cc(Nc2ccccc2S(=O)(=O)C(C)C)c(C(F)(F)F)cn1. The van der Waals surface area contributed by atoms with Gasteiger partial charge in [-0.25, -0.2) is 13.4 Å². The van der Waals surface area contributed by atoms with E-state index in [1.807, 2.05) is 13.0 Å². The van der Waals surface area contributed by atoms with Crippen LogP contribution < -0.4 is 15.9 Å². The Morgan fingerprint density at radius 2 is 1.64 bits per heavy atom. The summed E-state index contributed by atoms with van der Waals surface area (Å²) in [5.74, 6) is 0.133. The normalized spacial score (nSPS) is 12.6. The first kappa shape index (κ1) is 27.7. The summed E-state index contributed by atoms with van der Waals surface area (Å²) in [6.45, 7) is 8.27. The van der Waals surface area contributed by atoms with Crippen molar-refractivity contribution in [2.24, 2.45) is 0 Å². The second-order valence-corrected chi connectivity index (χ2v) is 14.7. The zero-order valence-corrected chi connectivity index (χ0v) is 22.4. The van der Waals surface area contributed by atoms with Gasteiger partial charge in [-0.05, 0) is 69.5 Å². The van der Waals surface area contributed by atoms with Gasteiger partial charge in [0.05, 0.1) is 27.1 Å². The van der Waals surface area contributed by atoms with Crippen LogP contribution in [0.4, 0.5) is 36.1 Å². The minimum atomic E-state index is -4.72. The Morgan fingerprint density at radius 1 is 0.972 bits per heavy atom. The molecule has 1 heterocycles. The van der Waals surface area contributed by atoms with E-state index in [0.717, 1.165) is 5.56 Å². The fourth-order valence-corrected chi connectivity index (χ4v) is 5.64. The minimum absolute atomic E-state index is 0.0362.